The van der Waals surface area contributed by atoms with Crippen molar-refractivity contribution in [1.29, 1.82) is 0 Å². The topological polar surface area (TPSA) is 92.8 Å². The van der Waals surface area contributed by atoms with E-state index in [2.05, 4.69) is 21.2 Å². The number of amides is 2. The minimum absolute atomic E-state index is 0.115. The van der Waals surface area contributed by atoms with Crippen molar-refractivity contribution in [2.75, 3.05) is 5.75 Å². The second kappa shape index (κ2) is 8.02. The van der Waals surface area contributed by atoms with Crippen molar-refractivity contribution in [3.63, 3.8) is 0 Å². The Morgan fingerprint density at radius 3 is 2.45 bits per heavy atom. The lowest BCUT2D eigenvalue weighted by Crippen LogP contribution is -2.73. The van der Waals surface area contributed by atoms with Gasteiger partial charge in [-0.05, 0) is 45.4 Å². The van der Waals surface area contributed by atoms with E-state index in [-0.39, 0.29) is 16.3 Å². The number of carbonyl (C=O) groups is 3. The molecule has 7 nitrogen and oxygen atoms in total. The zero-order valence-electron chi connectivity index (χ0n) is 16.6. The summed E-state index contributed by atoms with van der Waals surface area (Å²) >= 11 is 3.42. The first kappa shape index (κ1) is 21.7. The quantitative estimate of drug-likeness (QED) is 0.402. The van der Waals surface area contributed by atoms with Crippen LogP contribution < -0.4 is 5.32 Å². The van der Waals surface area contributed by atoms with Crippen molar-refractivity contribution in [3.05, 3.63) is 47.2 Å². The van der Waals surface area contributed by atoms with E-state index >= 15 is 0 Å². The zero-order valence-corrected chi connectivity index (χ0v) is 19.0. The Balaban J connectivity index is 1.89. The Bertz CT molecular complexity index is 907. The lowest BCUT2D eigenvalue weighted by molar-refractivity contribution is -0.158. The molecule has 1 saturated heterocycles. The number of fused-ring (bicyclic) bond motifs is 1. The number of ether oxygens (including phenoxy) is 1. The highest BCUT2D eigenvalue weighted by molar-refractivity contribution is 9.09. The maximum atomic E-state index is 12.9. The molecule has 2 amide bonds. The molecule has 1 N–H and O–H groups in total. The Kier molecular flexibility index (Phi) is 6.01. The molecule has 0 aliphatic carbocycles. The molecule has 2 heterocycles. The van der Waals surface area contributed by atoms with Crippen molar-refractivity contribution in [2.24, 2.45) is 0 Å². The van der Waals surface area contributed by atoms with Gasteiger partial charge in [0.05, 0.1) is 16.6 Å². The van der Waals surface area contributed by atoms with E-state index in [9.17, 15) is 18.6 Å². The van der Waals surface area contributed by atoms with E-state index in [4.69, 9.17) is 4.74 Å². The molecule has 0 spiro atoms. The van der Waals surface area contributed by atoms with Crippen LogP contribution in [0.15, 0.2) is 41.6 Å². The van der Waals surface area contributed by atoms with Gasteiger partial charge in [0.1, 0.15) is 22.7 Å². The molecule has 2 aliphatic rings. The third-order valence-electron chi connectivity index (χ3n) is 4.55. The van der Waals surface area contributed by atoms with Gasteiger partial charge in [-0.2, -0.15) is 0 Å². The van der Waals surface area contributed by atoms with Gasteiger partial charge in [0.2, 0.25) is 0 Å². The number of nitrogens with zero attached hydrogens (tertiary/aromatic N) is 1. The second-order valence-electron chi connectivity index (χ2n) is 7.93. The summed E-state index contributed by atoms with van der Waals surface area (Å²) in [4.78, 5) is 39.1. The van der Waals surface area contributed by atoms with Crippen LogP contribution in [-0.2, 0) is 25.1 Å². The standard InChI is InChI=1S/C20H23BrN2O5S/c1-11(21)13-10-29(27)18-14(22-16(24)12-8-6-5-7-9-12)17(25)23(18)15(13)19(26)28-20(2,3)4/h5-9,11,14,18H,10H2,1-4H3,(H,22,24)/t11?,14?,18-,29?/m1/s1. The average molecular weight is 483 g/mol. The van der Waals surface area contributed by atoms with Crippen LogP contribution >= 0.6 is 15.9 Å². The Labute approximate surface area is 180 Å². The normalized spacial score (nSPS) is 25.1. The summed E-state index contributed by atoms with van der Waals surface area (Å²) in [7, 11) is -1.47. The number of nitrogens with one attached hydrogen (secondary N) is 1. The lowest BCUT2D eigenvalue weighted by Gasteiger charge is -2.49. The summed E-state index contributed by atoms with van der Waals surface area (Å²) in [6, 6.07) is 7.53. The van der Waals surface area contributed by atoms with Crippen molar-refractivity contribution >= 4 is 44.5 Å². The fourth-order valence-electron chi connectivity index (χ4n) is 3.24. The van der Waals surface area contributed by atoms with Gasteiger partial charge >= 0.3 is 5.97 Å². The third-order valence-corrected chi connectivity index (χ3v) is 6.72. The molecule has 29 heavy (non-hydrogen) atoms. The summed E-state index contributed by atoms with van der Waals surface area (Å²) in [5.41, 5.74) is 0.322. The van der Waals surface area contributed by atoms with Crippen LogP contribution in [0.4, 0.5) is 0 Å². The third kappa shape index (κ3) is 4.30. The van der Waals surface area contributed by atoms with Crippen molar-refractivity contribution in [2.45, 2.75) is 49.5 Å². The molecule has 1 aromatic carbocycles. The molecule has 9 heteroatoms. The number of benzene rings is 1. The molecule has 0 saturated carbocycles. The Hall–Kier alpha value is -2.00. The van der Waals surface area contributed by atoms with Crippen LogP contribution in [0.3, 0.4) is 0 Å². The SMILES string of the molecule is CC(Br)C1=C(C(=O)OC(C)(C)C)N2C(=O)C(NC(=O)c3ccccc3)[C@H]2S(=O)C1. The number of rotatable bonds is 4. The van der Waals surface area contributed by atoms with Gasteiger partial charge in [0.15, 0.2) is 0 Å². The highest BCUT2D eigenvalue weighted by Crippen LogP contribution is 2.38. The molecule has 0 radical (unpaired) electrons. The fraction of sp³-hybridized carbons (Fsp3) is 0.450. The highest BCUT2D eigenvalue weighted by Gasteiger charge is 2.57. The van der Waals surface area contributed by atoms with Crippen LogP contribution in [0.25, 0.3) is 0 Å². The van der Waals surface area contributed by atoms with Crippen LogP contribution in [0.2, 0.25) is 0 Å². The van der Waals surface area contributed by atoms with Gasteiger partial charge in [-0.1, -0.05) is 34.1 Å². The summed E-state index contributed by atoms with van der Waals surface area (Å²) in [6.45, 7) is 7.02. The molecule has 1 aromatic rings. The predicted octanol–water partition coefficient (Wildman–Crippen LogP) is 2.09. The van der Waals surface area contributed by atoms with Crippen molar-refractivity contribution in [1.82, 2.24) is 10.2 Å². The maximum absolute atomic E-state index is 12.9. The van der Waals surface area contributed by atoms with E-state index in [1.807, 2.05) is 0 Å². The van der Waals surface area contributed by atoms with E-state index in [1.54, 1.807) is 58.0 Å². The first-order valence-corrected chi connectivity index (χ1v) is 11.5. The van der Waals surface area contributed by atoms with E-state index in [1.165, 1.54) is 4.90 Å². The van der Waals surface area contributed by atoms with Crippen LogP contribution in [0.5, 0.6) is 0 Å². The number of carbonyl (C=O) groups excluding carboxylic acids is 3. The summed E-state index contributed by atoms with van der Waals surface area (Å²) in [5.74, 6) is -1.42. The number of halogens is 1. The summed E-state index contributed by atoms with van der Waals surface area (Å²) in [6.07, 6.45) is 0. The molecule has 1 fully saturated rings. The van der Waals surface area contributed by atoms with Gasteiger partial charge < -0.3 is 10.1 Å². The van der Waals surface area contributed by atoms with Gasteiger partial charge in [0, 0.05) is 10.4 Å². The fourth-order valence-corrected chi connectivity index (χ4v) is 5.63. The van der Waals surface area contributed by atoms with Crippen LogP contribution in [-0.4, -0.2) is 54.5 Å². The zero-order chi connectivity index (χ0) is 21.5. The van der Waals surface area contributed by atoms with Crippen molar-refractivity contribution in [3.8, 4) is 0 Å². The molecule has 0 bridgehead atoms. The molecule has 2 aliphatic heterocycles. The second-order valence-corrected chi connectivity index (χ2v) is 10.8. The molecular formula is C20H23BrN2O5S. The minimum atomic E-state index is -1.47. The molecule has 4 atom stereocenters. The highest BCUT2D eigenvalue weighted by atomic mass is 79.9. The number of hydrogen-bond donors (Lipinski definition) is 1. The molecule has 3 unspecified atom stereocenters. The first-order chi connectivity index (χ1) is 13.5. The maximum Gasteiger partial charge on any atom is 0.355 e. The van der Waals surface area contributed by atoms with Crippen LogP contribution in [0, 0.1) is 0 Å². The lowest BCUT2D eigenvalue weighted by atomic mass is 10.0. The van der Waals surface area contributed by atoms with Gasteiger partial charge in [-0.15, -0.1) is 0 Å². The van der Waals surface area contributed by atoms with Gasteiger partial charge in [-0.25, -0.2) is 4.79 Å². The minimum Gasteiger partial charge on any atom is -0.455 e. The summed E-state index contributed by atoms with van der Waals surface area (Å²) in [5, 5.41) is 1.86. The number of esters is 1. The number of alkyl halides is 1. The molecule has 3 rings (SSSR count). The summed E-state index contributed by atoms with van der Waals surface area (Å²) < 4.78 is 18.3. The number of β-lactam (4-membered cyclic amide) rings is 1. The van der Waals surface area contributed by atoms with Gasteiger partial charge in [-0.3, -0.25) is 18.7 Å². The number of hydrogen-bond acceptors (Lipinski definition) is 5. The van der Waals surface area contributed by atoms with Gasteiger partial charge in [0.25, 0.3) is 11.8 Å². The van der Waals surface area contributed by atoms with Crippen LogP contribution in [0.1, 0.15) is 38.1 Å². The Morgan fingerprint density at radius 1 is 1.28 bits per heavy atom. The molecule has 156 valence electrons. The largest absolute Gasteiger partial charge is 0.455 e. The molecular weight excluding hydrogens is 460 g/mol. The molecule has 0 aromatic heterocycles. The van der Waals surface area contributed by atoms with E-state index < -0.39 is 45.6 Å². The predicted molar refractivity (Wildman–Crippen MR) is 113 cm³/mol. The first-order valence-electron chi connectivity index (χ1n) is 9.18. The van der Waals surface area contributed by atoms with E-state index in [0.717, 1.165) is 0 Å². The average Bonchev–Trinajstić information content (AvgIpc) is 2.64. The monoisotopic (exact) mass is 482 g/mol. The van der Waals surface area contributed by atoms with E-state index in [0.29, 0.717) is 11.1 Å². The van der Waals surface area contributed by atoms with Crippen molar-refractivity contribution < 1.29 is 23.3 Å². The Morgan fingerprint density at radius 2 is 1.90 bits per heavy atom. The smallest absolute Gasteiger partial charge is 0.355 e.